The maximum Gasteiger partial charge on any atom is 0.261 e. The number of halogens is 1. The first-order valence-corrected chi connectivity index (χ1v) is 11.4. The number of nitrogen functional groups attached to an aromatic ring is 1. The van der Waals surface area contributed by atoms with Gasteiger partial charge < -0.3 is 15.8 Å². The molecule has 3 aromatic heterocycles. The third-order valence-corrected chi connectivity index (χ3v) is 6.60. The van der Waals surface area contributed by atoms with Gasteiger partial charge in [0.15, 0.2) is 0 Å². The third-order valence-electron chi connectivity index (χ3n) is 5.04. The predicted molar refractivity (Wildman–Crippen MR) is 135 cm³/mol. The number of amides is 1. The third kappa shape index (κ3) is 6.31. The molecule has 174 valence electrons. The van der Waals surface area contributed by atoms with Crippen LogP contribution < -0.4 is 11.1 Å². The number of ether oxygens (including phenoxy) is 1. The van der Waals surface area contributed by atoms with E-state index in [2.05, 4.69) is 15.4 Å². The molecule has 9 heteroatoms. The molecule has 0 saturated heterocycles. The average Bonchev–Trinajstić information content (AvgIpc) is 3.37. The average molecular weight is 486 g/mol. The quantitative estimate of drug-likeness (QED) is 0.326. The molecule has 1 amide bonds. The summed E-state index contributed by atoms with van der Waals surface area (Å²) in [5.74, 6) is 0.340. The summed E-state index contributed by atoms with van der Waals surface area (Å²) in [6.07, 6.45) is 7.36. The first-order valence-electron chi connectivity index (χ1n) is 10.2. The van der Waals surface area contributed by atoms with Gasteiger partial charge in [-0.15, -0.1) is 11.3 Å². The second-order valence-electron chi connectivity index (χ2n) is 7.49. The van der Waals surface area contributed by atoms with Gasteiger partial charge in [0.1, 0.15) is 5.82 Å². The predicted octanol–water partition coefficient (Wildman–Crippen LogP) is 4.98. The SMILES string of the molecule is C.Cn1cc(CCCOCc2sc(C(=O)NCc3ccc4c(N)nccc4c3)cc2Cl)cn1. The van der Waals surface area contributed by atoms with Crippen molar-refractivity contribution in [2.45, 2.75) is 33.4 Å². The molecule has 0 radical (unpaired) electrons. The molecule has 0 aliphatic rings. The minimum Gasteiger partial charge on any atom is -0.383 e. The standard InChI is InChI=1S/C23H24ClN5O2S.CH4/c1-29-13-16(12-28-29)3-2-8-31-14-21-19(24)10-20(32-21)23(30)27-11-15-4-5-18-17(9-15)6-7-26-22(18)25;/h4-7,9-10,12-13H,2-3,8,11,14H2,1H3,(H2,25,26)(H,27,30);1H4. The number of nitrogens with two attached hydrogens (primary N) is 1. The molecule has 4 rings (SSSR count). The molecule has 0 saturated carbocycles. The Balaban J connectivity index is 0.00000306. The summed E-state index contributed by atoms with van der Waals surface area (Å²) in [4.78, 5) is 18.1. The number of aromatic nitrogens is 3. The minimum atomic E-state index is -0.158. The Morgan fingerprint density at radius 1 is 1.27 bits per heavy atom. The van der Waals surface area contributed by atoms with Crippen molar-refractivity contribution < 1.29 is 9.53 Å². The molecular weight excluding hydrogens is 458 g/mol. The fraction of sp³-hybridized carbons (Fsp3) is 0.292. The number of nitrogens with one attached hydrogen (secondary N) is 1. The lowest BCUT2D eigenvalue weighted by Gasteiger charge is -2.06. The van der Waals surface area contributed by atoms with E-state index in [1.165, 1.54) is 16.9 Å². The van der Waals surface area contributed by atoms with Crippen LogP contribution >= 0.6 is 22.9 Å². The van der Waals surface area contributed by atoms with Crippen LogP contribution in [0, 0.1) is 0 Å². The molecule has 4 aromatic rings. The van der Waals surface area contributed by atoms with Crippen LogP contribution in [0.15, 0.2) is 48.9 Å². The maximum atomic E-state index is 12.6. The zero-order valence-electron chi connectivity index (χ0n) is 17.7. The topological polar surface area (TPSA) is 95.1 Å². The number of nitrogens with zero attached hydrogens (tertiary/aromatic N) is 3. The van der Waals surface area contributed by atoms with Crippen molar-refractivity contribution in [3.63, 3.8) is 0 Å². The van der Waals surface area contributed by atoms with Crippen LogP contribution in [0.4, 0.5) is 5.82 Å². The zero-order chi connectivity index (χ0) is 22.5. The van der Waals surface area contributed by atoms with Crippen molar-refractivity contribution in [3.05, 3.63) is 74.8 Å². The normalized spacial score (nSPS) is 10.8. The summed E-state index contributed by atoms with van der Waals surface area (Å²) < 4.78 is 7.55. The highest BCUT2D eigenvalue weighted by Crippen LogP contribution is 2.28. The number of rotatable bonds is 9. The number of hydrogen-bond donors (Lipinski definition) is 2. The van der Waals surface area contributed by atoms with Gasteiger partial charge in [0.2, 0.25) is 0 Å². The molecule has 0 aliphatic carbocycles. The fourth-order valence-corrected chi connectivity index (χ4v) is 4.64. The monoisotopic (exact) mass is 485 g/mol. The molecule has 3 N–H and O–H groups in total. The van der Waals surface area contributed by atoms with Gasteiger partial charge in [-0.1, -0.05) is 31.2 Å². The first kappa shape index (κ1) is 24.7. The lowest BCUT2D eigenvalue weighted by atomic mass is 10.1. The Hall–Kier alpha value is -2.94. The summed E-state index contributed by atoms with van der Waals surface area (Å²) in [5.41, 5.74) is 8.07. The molecular formula is C24H28ClN5O2S. The minimum absolute atomic E-state index is 0. The second-order valence-corrected chi connectivity index (χ2v) is 9.04. The van der Waals surface area contributed by atoms with E-state index in [0.717, 1.165) is 34.1 Å². The lowest BCUT2D eigenvalue weighted by Crippen LogP contribution is -2.21. The molecule has 0 unspecified atom stereocenters. The Labute approximate surface area is 202 Å². The van der Waals surface area contributed by atoms with Crippen molar-refractivity contribution in [1.29, 1.82) is 0 Å². The van der Waals surface area contributed by atoms with Gasteiger partial charge in [0.25, 0.3) is 5.91 Å². The number of benzene rings is 1. The highest BCUT2D eigenvalue weighted by molar-refractivity contribution is 7.14. The number of carbonyl (C=O) groups excluding carboxylic acids is 1. The van der Waals surface area contributed by atoms with E-state index in [-0.39, 0.29) is 13.3 Å². The highest BCUT2D eigenvalue weighted by atomic mass is 35.5. The lowest BCUT2D eigenvalue weighted by molar-refractivity contribution is 0.0955. The van der Waals surface area contributed by atoms with Crippen molar-refractivity contribution in [2.24, 2.45) is 7.05 Å². The van der Waals surface area contributed by atoms with Gasteiger partial charge in [-0.25, -0.2) is 4.98 Å². The summed E-state index contributed by atoms with van der Waals surface area (Å²) >= 11 is 7.68. The summed E-state index contributed by atoms with van der Waals surface area (Å²) in [6, 6.07) is 9.46. The van der Waals surface area contributed by atoms with Crippen molar-refractivity contribution >= 4 is 45.4 Å². The second kappa shape index (κ2) is 11.3. The maximum absolute atomic E-state index is 12.6. The van der Waals surface area contributed by atoms with E-state index in [9.17, 15) is 4.79 Å². The first-order chi connectivity index (χ1) is 15.5. The van der Waals surface area contributed by atoms with E-state index in [1.807, 2.05) is 43.7 Å². The van der Waals surface area contributed by atoms with Gasteiger partial charge in [-0.05, 0) is 47.6 Å². The molecule has 0 fully saturated rings. The van der Waals surface area contributed by atoms with Crippen LogP contribution in [0.3, 0.4) is 0 Å². The number of pyridine rings is 1. The molecule has 3 heterocycles. The number of thiophene rings is 1. The summed E-state index contributed by atoms with van der Waals surface area (Å²) in [5, 5.41) is 9.56. The van der Waals surface area contributed by atoms with E-state index < -0.39 is 0 Å². The Kier molecular flexibility index (Phi) is 8.43. The Morgan fingerprint density at radius 3 is 2.91 bits per heavy atom. The van der Waals surface area contributed by atoms with Gasteiger partial charge in [-0.3, -0.25) is 9.48 Å². The van der Waals surface area contributed by atoms with Crippen molar-refractivity contribution in [1.82, 2.24) is 20.1 Å². The summed E-state index contributed by atoms with van der Waals surface area (Å²) in [7, 11) is 1.91. The van der Waals surface area contributed by atoms with Crippen molar-refractivity contribution in [2.75, 3.05) is 12.3 Å². The van der Waals surface area contributed by atoms with Gasteiger partial charge in [0.05, 0.1) is 22.7 Å². The fourth-order valence-electron chi connectivity index (χ4n) is 3.39. The van der Waals surface area contributed by atoms with E-state index in [4.69, 9.17) is 22.1 Å². The van der Waals surface area contributed by atoms with E-state index >= 15 is 0 Å². The highest BCUT2D eigenvalue weighted by Gasteiger charge is 2.14. The smallest absolute Gasteiger partial charge is 0.261 e. The van der Waals surface area contributed by atoms with E-state index in [0.29, 0.717) is 35.5 Å². The van der Waals surface area contributed by atoms with Crippen LogP contribution in [0.5, 0.6) is 0 Å². The molecule has 0 aliphatic heterocycles. The van der Waals surface area contributed by atoms with Crippen LogP contribution in [-0.4, -0.2) is 27.3 Å². The van der Waals surface area contributed by atoms with Crippen LogP contribution in [-0.2, 0) is 31.4 Å². The number of aryl methyl sites for hydroxylation is 2. The van der Waals surface area contributed by atoms with Crippen molar-refractivity contribution in [3.8, 4) is 0 Å². The Morgan fingerprint density at radius 2 is 2.12 bits per heavy atom. The molecule has 7 nitrogen and oxygen atoms in total. The summed E-state index contributed by atoms with van der Waals surface area (Å²) in [6.45, 7) is 1.42. The largest absolute Gasteiger partial charge is 0.383 e. The number of anilines is 1. The number of fused-ring (bicyclic) bond motifs is 1. The van der Waals surface area contributed by atoms with Crippen LogP contribution in [0.25, 0.3) is 10.8 Å². The molecule has 1 aromatic carbocycles. The van der Waals surface area contributed by atoms with Crippen LogP contribution in [0.2, 0.25) is 5.02 Å². The number of carbonyl (C=O) groups is 1. The van der Waals surface area contributed by atoms with Gasteiger partial charge in [0, 0.05) is 42.9 Å². The van der Waals surface area contributed by atoms with E-state index in [1.54, 1.807) is 16.9 Å². The number of hydrogen-bond acceptors (Lipinski definition) is 6. The molecule has 33 heavy (non-hydrogen) atoms. The van der Waals surface area contributed by atoms with Crippen LogP contribution in [0.1, 0.15) is 39.5 Å². The molecule has 0 atom stereocenters. The van der Waals surface area contributed by atoms with Gasteiger partial charge in [-0.2, -0.15) is 5.10 Å². The Bertz CT molecular complexity index is 1240. The zero-order valence-corrected chi connectivity index (χ0v) is 19.2. The molecule has 0 spiro atoms. The molecule has 0 bridgehead atoms. The van der Waals surface area contributed by atoms with Gasteiger partial charge >= 0.3 is 0 Å².